The van der Waals surface area contributed by atoms with Crippen molar-refractivity contribution in [2.45, 2.75) is 135 Å². The molecule has 2 heterocycles. The Morgan fingerprint density at radius 2 is 1.48 bits per heavy atom. The van der Waals surface area contributed by atoms with Gasteiger partial charge in [-0.2, -0.15) is 0 Å². The van der Waals surface area contributed by atoms with E-state index < -0.39 is 0 Å². The second-order valence-electron chi connectivity index (χ2n) is 15.8. The first-order valence-electron chi connectivity index (χ1n) is 17.0. The smallest absolute Gasteiger partial charge is 0.303 e. The quantitative estimate of drug-likeness (QED) is 0.315. The number of rotatable bonds is 4. The number of likely N-dealkylation sites (tertiary alicyclic amines) is 2. The average molecular weight is 558 g/mol. The van der Waals surface area contributed by atoms with Crippen molar-refractivity contribution < 1.29 is 23.5 Å². The van der Waals surface area contributed by atoms with Crippen molar-refractivity contribution in [3.05, 3.63) is 0 Å². The third-order valence-corrected chi connectivity index (χ3v) is 13.7. The topological polar surface area (TPSA) is 55.8 Å². The average Bonchev–Trinajstić information content (AvgIpc) is 3.21. The Bertz CT molecular complexity index is 958. The molecule has 0 amide bonds. The molecule has 4 saturated carbocycles. The van der Waals surface area contributed by atoms with Crippen LogP contribution >= 0.6 is 0 Å². The number of quaternary nitrogens is 1. The van der Waals surface area contributed by atoms with Crippen LogP contribution in [0.4, 0.5) is 0 Å². The summed E-state index contributed by atoms with van der Waals surface area (Å²) in [4.78, 5) is 27.4. The maximum Gasteiger partial charge on any atom is 0.303 e. The second kappa shape index (κ2) is 10.8. The van der Waals surface area contributed by atoms with Crippen LogP contribution in [0.3, 0.4) is 0 Å². The van der Waals surface area contributed by atoms with E-state index in [-0.39, 0.29) is 29.6 Å². The fourth-order valence-electron chi connectivity index (χ4n) is 11.7. The number of fused-ring (bicyclic) bond motifs is 5. The number of likely N-dealkylation sites (N-methyl/N-ethyl adjacent to an activating group) is 1. The van der Waals surface area contributed by atoms with E-state index in [2.05, 4.69) is 25.8 Å². The maximum atomic E-state index is 12.5. The van der Waals surface area contributed by atoms with E-state index in [1.165, 1.54) is 90.1 Å². The number of ether oxygens (including phenoxy) is 2. The largest absolute Gasteiger partial charge is 0.461 e. The monoisotopic (exact) mass is 557 g/mol. The van der Waals surface area contributed by atoms with Gasteiger partial charge in [0.15, 0.2) is 6.10 Å². The molecule has 226 valence electrons. The van der Waals surface area contributed by atoms with Gasteiger partial charge in [0.1, 0.15) is 12.1 Å². The number of carbonyl (C=O) groups excluding carboxylic acids is 2. The minimum Gasteiger partial charge on any atom is -0.461 e. The van der Waals surface area contributed by atoms with Crippen molar-refractivity contribution in [1.82, 2.24) is 4.90 Å². The summed E-state index contributed by atoms with van der Waals surface area (Å²) < 4.78 is 13.5. The van der Waals surface area contributed by atoms with Crippen LogP contribution in [0.15, 0.2) is 0 Å². The number of esters is 2. The summed E-state index contributed by atoms with van der Waals surface area (Å²) in [5.74, 6) is 2.50. The van der Waals surface area contributed by atoms with Gasteiger partial charge in [-0.05, 0) is 113 Å². The van der Waals surface area contributed by atoms with Gasteiger partial charge in [-0.25, -0.2) is 0 Å². The molecule has 0 aromatic carbocycles. The van der Waals surface area contributed by atoms with Crippen molar-refractivity contribution in [3.8, 4) is 0 Å². The molecule has 0 aromatic rings. The van der Waals surface area contributed by atoms with Gasteiger partial charge in [0.2, 0.25) is 0 Å². The van der Waals surface area contributed by atoms with Gasteiger partial charge in [0.05, 0.1) is 20.1 Å². The summed E-state index contributed by atoms with van der Waals surface area (Å²) in [7, 11) is 2.47. The first-order valence-corrected chi connectivity index (χ1v) is 17.0. The fourth-order valence-corrected chi connectivity index (χ4v) is 11.7. The predicted octanol–water partition coefficient (Wildman–Crippen LogP) is 5.97. The lowest BCUT2D eigenvalue weighted by Crippen LogP contribution is -2.61. The molecule has 6 heteroatoms. The van der Waals surface area contributed by atoms with Crippen molar-refractivity contribution >= 4 is 11.9 Å². The summed E-state index contributed by atoms with van der Waals surface area (Å²) in [5, 5.41) is 0. The first-order chi connectivity index (χ1) is 19.0. The first kappa shape index (κ1) is 29.0. The van der Waals surface area contributed by atoms with Gasteiger partial charge < -0.3 is 14.0 Å². The zero-order valence-corrected chi connectivity index (χ0v) is 26.2. The van der Waals surface area contributed by atoms with Crippen molar-refractivity contribution in [3.63, 3.8) is 0 Å². The molecular formula is C34H57N2O4+. The van der Waals surface area contributed by atoms with E-state index in [0.29, 0.717) is 35.3 Å². The maximum absolute atomic E-state index is 12.5. The van der Waals surface area contributed by atoms with Crippen LogP contribution in [0.2, 0.25) is 0 Å². The van der Waals surface area contributed by atoms with Crippen LogP contribution in [0.25, 0.3) is 0 Å². The van der Waals surface area contributed by atoms with Crippen LogP contribution in [-0.4, -0.2) is 78.8 Å². The van der Waals surface area contributed by atoms with Crippen LogP contribution in [-0.2, 0) is 19.1 Å². The Kier molecular flexibility index (Phi) is 7.85. The van der Waals surface area contributed by atoms with Gasteiger partial charge in [-0.1, -0.05) is 20.3 Å². The second-order valence-corrected chi connectivity index (χ2v) is 15.8. The molecule has 6 aliphatic rings. The molecule has 6 rings (SSSR count). The van der Waals surface area contributed by atoms with Gasteiger partial charge in [0.25, 0.3) is 0 Å². The van der Waals surface area contributed by atoms with Crippen molar-refractivity contribution in [1.29, 1.82) is 0 Å². The van der Waals surface area contributed by atoms with E-state index in [1.54, 1.807) is 13.8 Å². The minimum atomic E-state index is -0.111. The van der Waals surface area contributed by atoms with E-state index in [1.807, 2.05) is 0 Å². The molecule has 2 saturated heterocycles. The molecule has 0 unspecified atom stereocenters. The highest BCUT2D eigenvalue weighted by Gasteiger charge is 2.67. The molecule has 0 spiro atoms. The lowest BCUT2D eigenvalue weighted by molar-refractivity contribution is -0.940. The van der Waals surface area contributed by atoms with Gasteiger partial charge in [0, 0.05) is 31.7 Å². The van der Waals surface area contributed by atoms with Crippen LogP contribution in [0.5, 0.6) is 0 Å². The summed E-state index contributed by atoms with van der Waals surface area (Å²) in [6, 6.07) is 0.796. The van der Waals surface area contributed by atoms with Crippen molar-refractivity contribution in [2.75, 3.05) is 33.2 Å². The molecular weight excluding hydrogens is 500 g/mol. The highest BCUT2D eigenvalue weighted by atomic mass is 16.5. The van der Waals surface area contributed by atoms with Crippen molar-refractivity contribution in [2.24, 2.45) is 34.5 Å². The molecule has 40 heavy (non-hydrogen) atoms. The Morgan fingerprint density at radius 3 is 2.15 bits per heavy atom. The van der Waals surface area contributed by atoms with Gasteiger partial charge >= 0.3 is 11.9 Å². The van der Waals surface area contributed by atoms with Gasteiger partial charge in [-0.15, -0.1) is 0 Å². The summed E-state index contributed by atoms with van der Waals surface area (Å²) in [6.07, 6.45) is 16.3. The van der Waals surface area contributed by atoms with Crippen LogP contribution < -0.4 is 0 Å². The SMILES string of the molecule is CC(=O)O[C@@H]1[C@H]([N+]2(C)CCCCC2)C[C@@H]2[C@H]3CC[C@@H]4C[C@@H](OC(C)=O)[C@H](N5CCCCC5)C[C@@]4(C)[C@@H]3CC[C@]21C. The highest BCUT2D eigenvalue weighted by molar-refractivity contribution is 5.66. The molecule has 0 aromatic heterocycles. The molecule has 4 aliphatic carbocycles. The molecule has 2 aliphatic heterocycles. The number of carbonyl (C=O) groups is 2. The third-order valence-electron chi connectivity index (χ3n) is 13.7. The number of piperidine rings is 2. The summed E-state index contributed by atoms with van der Waals surface area (Å²) in [6.45, 7) is 13.1. The van der Waals surface area contributed by atoms with Crippen LogP contribution in [0.1, 0.15) is 111 Å². The van der Waals surface area contributed by atoms with E-state index >= 15 is 0 Å². The summed E-state index contributed by atoms with van der Waals surface area (Å²) >= 11 is 0. The molecule has 6 nitrogen and oxygen atoms in total. The number of hydrogen-bond donors (Lipinski definition) is 0. The Hall–Kier alpha value is -1.14. The molecule has 6 fully saturated rings. The minimum absolute atomic E-state index is 0.0466. The standard InChI is InChI=1S/C34H57N2O4/c1-23(37)39-31-20-25-12-13-26-27(34(25,4)22-29(31)35-16-8-6-9-17-35)14-15-33(3)28(26)21-30(32(33)40-24(2)38)36(5)18-10-7-11-19-36/h25-32H,6-22H2,1-5H3/q+1/t25-,26+,27-,28-,29-,30-,31-,32-,33-,34-/m1/s1. The normalized spacial score (nSPS) is 46.9. The molecule has 0 N–H and O–H groups in total. The van der Waals surface area contributed by atoms with E-state index in [9.17, 15) is 9.59 Å². The lowest BCUT2D eigenvalue weighted by Gasteiger charge is -2.62. The molecule has 0 radical (unpaired) electrons. The zero-order valence-electron chi connectivity index (χ0n) is 26.2. The predicted molar refractivity (Wildman–Crippen MR) is 156 cm³/mol. The van der Waals surface area contributed by atoms with Crippen LogP contribution in [0, 0.1) is 34.5 Å². The Morgan fingerprint density at radius 1 is 0.800 bits per heavy atom. The lowest BCUT2D eigenvalue weighted by atomic mass is 9.44. The number of hydrogen-bond acceptors (Lipinski definition) is 5. The third kappa shape index (κ3) is 4.85. The van der Waals surface area contributed by atoms with Gasteiger partial charge in [-0.3, -0.25) is 14.5 Å². The molecule has 0 bridgehead atoms. The van der Waals surface area contributed by atoms with E-state index in [4.69, 9.17) is 9.47 Å². The fraction of sp³-hybridized carbons (Fsp3) is 0.941. The zero-order chi connectivity index (χ0) is 28.3. The molecule has 10 atom stereocenters. The summed E-state index contributed by atoms with van der Waals surface area (Å²) in [5.41, 5.74) is 0.377. The highest BCUT2D eigenvalue weighted by Crippen LogP contribution is 2.67. The Labute approximate surface area is 243 Å². The Balaban J connectivity index is 1.29. The van der Waals surface area contributed by atoms with E-state index in [0.717, 1.165) is 29.9 Å². The number of nitrogens with zero attached hydrogens (tertiary/aromatic N) is 2.